The van der Waals surface area contributed by atoms with Gasteiger partial charge in [0.2, 0.25) is 5.89 Å². The Balaban J connectivity index is 2.65. The lowest BCUT2D eigenvalue weighted by molar-refractivity contribution is -0.142. The summed E-state index contributed by atoms with van der Waals surface area (Å²) in [6.07, 6.45) is 0. The Morgan fingerprint density at radius 1 is 1.44 bits per heavy atom. The maximum atomic E-state index is 11.2. The van der Waals surface area contributed by atoms with Crippen LogP contribution in [-0.4, -0.2) is 41.2 Å². The lowest BCUT2D eigenvalue weighted by atomic mass is 9.96. The van der Waals surface area contributed by atoms with Gasteiger partial charge in [0.1, 0.15) is 0 Å². The number of aromatic nitrogens is 2. The predicted octanol–water partition coefficient (Wildman–Crippen LogP) is 1.36. The van der Waals surface area contributed by atoms with Crippen LogP contribution >= 0.6 is 0 Å². The van der Waals surface area contributed by atoms with Gasteiger partial charge in [0.25, 0.3) is 0 Å². The number of ether oxygens (including phenoxy) is 1. The molecule has 0 bridgehead atoms. The zero-order valence-electron chi connectivity index (χ0n) is 11.7. The van der Waals surface area contributed by atoms with Crippen molar-refractivity contribution in [3.63, 3.8) is 0 Å². The van der Waals surface area contributed by atoms with Crippen LogP contribution in [-0.2, 0) is 21.5 Å². The molecule has 18 heavy (non-hydrogen) atoms. The molecule has 1 aromatic rings. The normalized spacial score (nSPS) is 11.9. The highest BCUT2D eigenvalue weighted by Gasteiger charge is 2.22. The molecule has 0 aliphatic rings. The third kappa shape index (κ3) is 4.10. The van der Waals surface area contributed by atoms with E-state index < -0.39 is 0 Å². The van der Waals surface area contributed by atoms with Crippen molar-refractivity contribution in [3.05, 3.63) is 11.7 Å². The molecule has 1 heterocycles. The van der Waals surface area contributed by atoms with E-state index in [2.05, 4.69) is 14.9 Å². The van der Waals surface area contributed by atoms with E-state index in [-0.39, 0.29) is 17.9 Å². The Morgan fingerprint density at radius 3 is 2.56 bits per heavy atom. The van der Waals surface area contributed by atoms with Gasteiger partial charge in [0.05, 0.1) is 20.2 Å². The van der Waals surface area contributed by atoms with Crippen molar-refractivity contribution in [2.75, 3.05) is 20.2 Å². The lowest BCUT2D eigenvalue weighted by Crippen LogP contribution is -2.30. The van der Waals surface area contributed by atoms with Crippen molar-refractivity contribution in [1.29, 1.82) is 0 Å². The number of carbonyl (C=O) groups excluding carboxylic acids is 1. The highest BCUT2D eigenvalue weighted by Crippen LogP contribution is 2.18. The third-order valence-electron chi connectivity index (χ3n) is 2.53. The van der Waals surface area contributed by atoms with Crippen LogP contribution in [0.4, 0.5) is 0 Å². The van der Waals surface area contributed by atoms with Gasteiger partial charge in [0.15, 0.2) is 5.82 Å². The molecule has 0 amide bonds. The van der Waals surface area contributed by atoms with Crippen molar-refractivity contribution in [1.82, 2.24) is 15.0 Å². The van der Waals surface area contributed by atoms with Crippen LogP contribution in [0.2, 0.25) is 0 Å². The fourth-order valence-corrected chi connectivity index (χ4v) is 1.34. The molecular weight excluding hydrogens is 234 g/mol. The van der Waals surface area contributed by atoms with Gasteiger partial charge >= 0.3 is 5.97 Å². The number of nitrogens with zero attached hydrogens (tertiary/aromatic N) is 3. The van der Waals surface area contributed by atoms with Crippen LogP contribution in [0.1, 0.15) is 39.4 Å². The SMILES string of the molecule is CCN(CC(=O)OC)Cc1nc(C(C)(C)C)no1. The van der Waals surface area contributed by atoms with Gasteiger partial charge in [0, 0.05) is 5.41 Å². The molecule has 102 valence electrons. The molecule has 1 rings (SSSR count). The van der Waals surface area contributed by atoms with Gasteiger partial charge in [-0.2, -0.15) is 4.98 Å². The van der Waals surface area contributed by atoms with Crippen LogP contribution in [0.15, 0.2) is 4.52 Å². The van der Waals surface area contributed by atoms with E-state index in [0.717, 1.165) is 0 Å². The Morgan fingerprint density at radius 2 is 2.11 bits per heavy atom. The number of carbonyl (C=O) groups is 1. The number of hydrogen-bond acceptors (Lipinski definition) is 6. The van der Waals surface area contributed by atoms with Gasteiger partial charge in [-0.25, -0.2) is 0 Å². The van der Waals surface area contributed by atoms with E-state index >= 15 is 0 Å². The Kier molecular flexibility index (Phi) is 4.84. The van der Waals surface area contributed by atoms with Gasteiger partial charge in [-0.15, -0.1) is 0 Å². The molecule has 6 heteroatoms. The second kappa shape index (κ2) is 5.95. The first kappa shape index (κ1) is 14.6. The molecule has 0 N–H and O–H groups in total. The molecule has 0 aliphatic carbocycles. The quantitative estimate of drug-likeness (QED) is 0.740. The smallest absolute Gasteiger partial charge is 0.319 e. The first-order valence-electron chi connectivity index (χ1n) is 5.99. The summed E-state index contributed by atoms with van der Waals surface area (Å²) in [6, 6.07) is 0. The Hall–Kier alpha value is -1.43. The highest BCUT2D eigenvalue weighted by atomic mass is 16.5. The van der Waals surface area contributed by atoms with Gasteiger partial charge in [-0.3, -0.25) is 9.69 Å². The summed E-state index contributed by atoms with van der Waals surface area (Å²) in [5, 5.41) is 3.95. The van der Waals surface area contributed by atoms with Crippen LogP contribution in [0, 0.1) is 0 Å². The number of likely N-dealkylation sites (N-methyl/N-ethyl adjacent to an activating group) is 1. The maximum Gasteiger partial charge on any atom is 0.319 e. The minimum absolute atomic E-state index is 0.138. The van der Waals surface area contributed by atoms with Crippen LogP contribution in [0.5, 0.6) is 0 Å². The van der Waals surface area contributed by atoms with Gasteiger partial charge in [-0.1, -0.05) is 32.9 Å². The van der Waals surface area contributed by atoms with Crippen molar-refractivity contribution >= 4 is 5.97 Å². The third-order valence-corrected chi connectivity index (χ3v) is 2.53. The first-order valence-corrected chi connectivity index (χ1v) is 5.99. The molecule has 1 aromatic heterocycles. The monoisotopic (exact) mass is 255 g/mol. The molecule has 0 unspecified atom stereocenters. The van der Waals surface area contributed by atoms with E-state index in [1.807, 2.05) is 32.6 Å². The summed E-state index contributed by atoms with van der Waals surface area (Å²) in [5.74, 6) is 0.921. The Labute approximate surface area is 107 Å². The molecule has 0 aliphatic heterocycles. The number of hydrogen-bond donors (Lipinski definition) is 0. The minimum atomic E-state index is -0.271. The van der Waals surface area contributed by atoms with Crippen LogP contribution < -0.4 is 0 Å². The molecular formula is C12H21N3O3. The molecule has 6 nitrogen and oxygen atoms in total. The molecule has 0 atom stereocenters. The first-order chi connectivity index (χ1) is 8.36. The topological polar surface area (TPSA) is 68.5 Å². The van der Waals surface area contributed by atoms with Crippen molar-refractivity contribution < 1.29 is 14.1 Å². The lowest BCUT2D eigenvalue weighted by Gasteiger charge is -2.16. The summed E-state index contributed by atoms with van der Waals surface area (Å²) in [7, 11) is 1.38. The minimum Gasteiger partial charge on any atom is -0.468 e. The predicted molar refractivity (Wildman–Crippen MR) is 66.0 cm³/mol. The summed E-state index contributed by atoms with van der Waals surface area (Å²) < 4.78 is 9.82. The summed E-state index contributed by atoms with van der Waals surface area (Å²) in [5.41, 5.74) is -0.138. The Bertz CT molecular complexity index is 396. The molecule has 0 aromatic carbocycles. The second-order valence-corrected chi connectivity index (χ2v) is 5.14. The zero-order chi connectivity index (χ0) is 13.8. The average Bonchev–Trinajstić information content (AvgIpc) is 2.76. The summed E-state index contributed by atoms with van der Waals surface area (Å²) >= 11 is 0. The van der Waals surface area contributed by atoms with E-state index in [9.17, 15) is 4.79 Å². The molecule has 0 fully saturated rings. The molecule has 0 spiro atoms. The fourth-order valence-electron chi connectivity index (χ4n) is 1.34. The summed E-state index contributed by atoms with van der Waals surface area (Å²) in [4.78, 5) is 17.4. The number of esters is 1. The molecule has 0 radical (unpaired) electrons. The molecule has 0 saturated carbocycles. The van der Waals surface area contributed by atoms with Crippen LogP contribution in [0.3, 0.4) is 0 Å². The average molecular weight is 255 g/mol. The van der Waals surface area contributed by atoms with Crippen molar-refractivity contribution in [3.8, 4) is 0 Å². The zero-order valence-corrected chi connectivity index (χ0v) is 11.7. The van der Waals surface area contributed by atoms with Gasteiger partial charge < -0.3 is 9.26 Å². The van der Waals surface area contributed by atoms with Crippen molar-refractivity contribution in [2.24, 2.45) is 0 Å². The fraction of sp³-hybridized carbons (Fsp3) is 0.750. The highest BCUT2D eigenvalue weighted by molar-refractivity contribution is 5.71. The number of rotatable bonds is 5. The summed E-state index contributed by atoms with van der Waals surface area (Å²) in [6.45, 7) is 9.41. The van der Waals surface area contributed by atoms with Crippen LogP contribution in [0.25, 0.3) is 0 Å². The number of methoxy groups -OCH3 is 1. The second-order valence-electron chi connectivity index (χ2n) is 5.14. The van der Waals surface area contributed by atoms with Crippen molar-refractivity contribution in [2.45, 2.75) is 39.7 Å². The van der Waals surface area contributed by atoms with E-state index in [1.165, 1.54) is 7.11 Å². The van der Waals surface area contributed by atoms with Gasteiger partial charge in [-0.05, 0) is 6.54 Å². The largest absolute Gasteiger partial charge is 0.468 e. The maximum absolute atomic E-state index is 11.2. The standard InChI is InChI=1S/C12H21N3O3/c1-6-15(8-10(16)17-5)7-9-13-11(14-18-9)12(2,3)4/h6-8H2,1-5H3. The van der Waals surface area contributed by atoms with E-state index in [1.54, 1.807) is 0 Å². The van der Waals surface area contributed by atoms with E-state index in [0.29, 0.717) is 24.8 Å². The van der Waals surface area contributed by atoms with E-state index in [4.69, 9.17) is 4.52 Å². The molecule has 0 saturated heterocycles.